The largest absolute Gasteiger partial charge is 0.224 e. The molecule has 2 rings (SSSR count). The van der Waals surface area contributed by atoms with Crippen molar-refractivity contribution in [2.24, 2.45) is 5.92 Å². The molecule has 3 heteroatoms. The quantitative estimate of drug-likeness (QED) is 0.798. The number of rotatable bonds is 4. The van der Waals surface area contributed by atoms with E-state index in [2.05, 4.69) is 26.0 Å². The van der Waals surface area contributed by atoms with Crippen LogP contribution in [0.3, 0.4) is 0 Å². The zero-order valence-corrected chi connectivity index (χ0v) is 15.2. The molecule has 0 saturated heterocycles. The summed E-state index contributed by atoms with van der Waals surface area (Å²) >= 11 is 0. The average molecular weight is 318 g/mol. The molecule has 2 aliphatic carbocycles. The van der Waals surface area contributed by atoms with Crippen LogP contribution in [0.2, 0.25) is 0 Å². The number of fused-ring (bicyclic) bond motifs is 1. The number of hydrogen-bond acceptors (Lipinski definition) is 2. The first-order chi connectivity index (χ1) is 10.1. The summed E-state index contributed by atoms with van der Waals surface area (Å²) in [6, 6.07) is 8.15. The molecule has 120 valence electrons. The molecule has 0 atom stereocenters. The van der Waals surface area contributed by atoms with Crippen LogP contribution in [-0.2, 0) is 9.84 Å². The van der Waals surface area contributed by atoms with Crippen LogP contribution in [0.25, 0.3) is 11.1 Å². The summed E-state index contributed by atoms with van der Waals surface area (Å²) in [5.74, 6) is 0.736. The van der Waals surface area contributed by atoms with E-state index in [1.165, 1.54) is 5.56 Å². The lowest BCUT2D eigenvalue weighted by molar-refractivity contribution is 0.583. The van der Waals surface area contributed by atoms with Crippen molar-refractivity contribution in [3.05, 3.63) is 41.0 Å². The predicted molar refractivity (Wildman–Crippen MR) is 93.5 cm³/mol. The van der Waals surface area contributed by atoms with Gasteiger partial charge in [0.15, 0.2) is 9.84 Å². The minimum Gasteiger partial charge on any atom is -0.224 e. The third kappa shape index (κ3) is 3.19. The first-order valence-electron chi connectivity index (χ1n) is 7.90. The summed E-state index contributed by atoms with van der Waals surface area (Å²) in [6.45, 7) is 12.2. The van der Waals surface area contributed by atoms with Crippen molar-refractivity contribution in [2.45, 2.75) is 52.4 Å². The van der Waals surface area contributed by atoms with E-state index in [1.54, 1.807) is 0 Å². The Balaban J connectivity index is 2.73. The average Bonchev–Trinajstić information content (AvgIpc) is 2.59. The van der Waals surface area contributed by atoms with Gasteiger partial charge in [-0.1, -0.05) is 45.9 Å². The van der Waals surface area contributed by atoms with Gasteiger partial charge >= 0.3 is 0 Å². The molecule has 0 fully saturated rings. The van der Waals surface area contributed by atoms with Crippen LogP contribution in [0.15, 0.2) is 29.2 Å². The zero-order valence-electron chi connectivity index (χ0n) is 14.4. The number of sulfone groups is 1. The monoisotopic (exact) mass is 318 g/mol. The Bertz CT molecular complexity index is 755. The van der Waals surface area contributed by atoms with Crippen LogP contribution in [0.4, 0.5) is 0 Å². The summed E-state index contributed by atoms with van der Waals surface area (Å²) < 4.78 is 25.5. The first-order valence-corrected chi connectivity index (χ1v) is 9.55. The molecule has 0 N–H and O–H groups in total. The van der Waals surface area contributed by atoms with Gasteiger partial charge in [0.05, 0.1) is 10.6 Å². The third-order valence-corrected chi connectivity index (χ3v) is 6.17. The van der Waals surface area contributed by atoms with Crippen LogP contribution in [0, 0.1) is 19.8 Å². The Morgan fingerprint density at radius 2 is 1.59 bits per heavy atom. The molecule has 0 bridgehead atoms. The summed E-state index contributed by atoms with van der Waals surface area (Å²) in [5, 5.41) is 0. The second-order valence-electron chi connectivity index (χ2n) is 6.97. The smallest absolute Gasteiger partial charge is 0.179 e. The summed E-state index contributed by atoms with van der Waals surface area (Å²) in [7, 11) is -3.25. The normalized spacial score (nSPS) is 12.5. The van der Waals surface area contributed by atoms with E-state index in [1.807, 2.05) is 39.8 Å². The molecule has 2 nitrogen and oxygen atoms in total. The Morgan fingerprint density at radius 1 is 0.955 bits per heavy atom. The fourth-order valence-electron chi connectivity index (χ4n) is 2.92. The van der Waals surface area contributed by atoms with Crippen molar-refractivity contribution in [2.75, 3.05) is 5.75 Å². The van der Waals surface area contributed by atoms with Gasteiger partial charge in [0, 0.05) is 5.56 Å². The maximum atomic E-state index is 12.7. The second-order valence-corrected chi connectivity index (χ2v) is 8.97. The summed E-state index contributed by atoms with van der Waals surface area (Å²) in [5.41, 5.74) is 5.26. The highest BCUT2D eigenvalue weighted by Crippen LogP contribution is 2.39. The molecule has 0 amide bonds. The van der Waals surface area contributed by atoms with Crippen LogP contribution < -0.4 is 0 Å². The fraction of sp³-hybridized carbons (Fsp3) is 0.474. The van der Waals surface area contributed by atoms with Crippen LogP contribution in [0.1, 0.15) is 50.3 Å². The number of hydrogen-bond donors (Lipinski definition) is 0. The van der Waals surface area contributed by atoms with Crippen molar-refractivity contribution in [1.29, 1.82) is 0 Å². The lowest BCUT2D eigenvalue weighted by Gasteiger charge is -2.09. The third-order valence-electron chi connectivity index (χ3n) is 4.07. The van der Waals surface area contributed by atoms with E-state index < -0.39 is 9.84 Å². The van der Waals surface area contributed by atoms with Crippen LogP contribution >= 0.6 is 0 Å². The van der Waals surface area contributed by atoms with E-state index in [0.717, 1.165) is 22.3 Å². The molecule has 0 aromatic rings. The highest BCUT2D eigenvalue weighted by molar-refractivity contribution is 7.91. The Kier molecular flexibility index (Phi) is 4.67. The highest BCUT2D eigenvalue weighted by Gasteiger charge is 2.26. The lowest BCUT2D eigenvalue weighted by Crippen LogP contribution is -2.12. The molecule has 0 aromatic heterocycles. The minimum atomic E-state index is -3.25. The van der Waals surface area contributed by atoms with Crippen molar-refractivity contribution in [3.8, 4) is 11.1 Å². The zero-order chi connectivity index (χ0) is 16.7. The van der Waals surface area contributed by atoms with E-state index in [0.29, 0.717) is 10.8 Å². The topological polar surface area (TPSA) is 34.1 Å². The van der Waals surface area contributed by atoms with Gasteiger partial charge in [-0.2, -0.15) is 0 Å². The van der Waals surface area contributed by atoms with E-state index >= 15 is 0 Å². The molecular weight excluding hydrogens is 292 g/mol. The van der Waals surface area contributed by atoms with Gasteiger partial charge in [-0.25, -0.2) is 8.42 Å². The summed E-state index contributed by atoms with van der Waals surface area (Å²) in [6.07, 6.45) is 0. The van der Waals surface area contributed by atoms with Gasteiger partial charge in [0.1, 0.15) is 0 Å². The van der Waals surface area contributed by atoms with Crippen molar-refractivity contribution in [3.63, 3.8) is 0 Å². The SMILES string of the molecule is Cc1cc(S(=O)(=O)CC(C)C)c2c(C)ccc(C(C)C)cc1-2. The van der Waals surface area contributed by atoms with Gasteiger partial charge in [-0.15, -0.1) is 0 Å². The van der Waals surface area contributed by atoms with Crippen LogP contribution in [0.5, 0.6) is 0 Å². The molecule has 0 heterocycles. The van der Waals surface area contributed by atoms with E-state index in [-0.39, 0.29) is 11.7 Å². The minimum absolute atomic E-state index is 0.124. The van der Waals surface area contributed by atoms with E-state index in [9.17, 15) is 8.42 Å². The van der Waals surface area contributed by atoms with E-state index in [4.69, 9.17) is 0 Å². The first kappa shape index (κ1) is 17.0. The Hall–Kier alpha value is -1.35. The maximum Gasteiger partial charge on any atom is 0.179 e. The summed E-state index contributed by atoms with van der Waals surface area (Å²) in [4.78, 5) is 0.497. The van der Waals surface area contributed by atoms with Gasteiger partial charge in [0.2, 0.25) is 0 Å². The van der Waals surface area contributed by atoms with Gasteiger partial charge in [0.25, 0.3) is 0 Å². The van der Waals surface area contributed by atoms with Crippen molar-refractivity contribution in [1.82, 2.24) is 0 Å². The molecule has 22 heavy (non-hydrogen) atoms. The number of aryl methyl sites for hydroxylation is 2. The molecule has 0 radical (unpaired) electrons. The molecule has 0 spiro atoms. The van der Waals surface area contributed by atoms with Crippen LogP contribution in [-0.4, -0.2) is 14.2 Å². The van der Waals surface area contributed by atoms with Crippen molar-refractivity contribution < 1.29 is 8.42 Å². The van der Waals surface area contributed by atoms with Gasteiger partial charge < -0.3 is 0 Å². The molecular formula is C19H26O2S. The molecule has 0 aromatic carbocycles. The Labute approximate surface area is 134 Å². The highest BCUT2D eigenvalue weighted by atomic mass is 32.2. The van der Waals surface area contributed by atoms with Crippen molar-refractivity contribution >= 4 is 9.84 Å². The standard InChI is InChI=1S/C19H26O2S/c1-12(2)11-22(20,21)18-9-15(6)17-10-16(13(3)4)8-7-14(5)19(17)18/h7-10,12-13H,11H2,1-6H3. The lowest BCUT2D eigenvalue weighted by atomic mass is 10.0. The molecule has 2 aliphatic rings. The van der Waals surface area contributed by atoms with Gasteiger partial charge in [-0.05, 0) is 54.0 Å². The van der Waals surface area contributed by atoms with Gasteiger partial charge in [-0.3, -0.25) is 0 Å². The molecule has 0 saturated carbocycles. The molecule has 0 unspecified atom stereocenters. The fourth-order valence-corrected chi connectivity index (χ4v) is 4.92. The predicted octanol–water partition coefficient (Wildman–Crippen LogP) is 4.96. The maximum absolute atomic E-state index is 12.7. The second kappa shape index (κ2) is 6.04. The molecule has 0 aliphatic heterocycles. The Morgan fingerprint density at radius 3 is 2.14 bits per heavy atom.